The van der Waals surface area contributed by atoms with E-state index in [-0.39, 0.29) is 12.1 Å². The highest BCUT2D eigenvalue weighted by Gasteiger charge is 2.35. The van der Waals surface area contributed by atoms with Crippen molar-refractivity contribution in [2.75, 3.05) is 52.6 Å². The summed E-state index contributed by atoms with van der Waals surface area (Å²) >= 11 is 12.0. The number of hydrogen-bond acceptors (Lipinski definition) is 5. The number of alkyl halides is 1. The van der Waals surface area contributed by atoms with Crippen molar-refractivity contribution < 1.29 is 23.7 Å². The number of benzene rings is 2. The van der Waals surface area contributed by atoms with Gasteiger partial charge in [0.15, 0.2) is 0 Å². The van der Waals surface area contributed by atoms with Gasteiger partial charge in [0.2, 0.25) is 0 Å². The molecule has 0 saturated carbocycles. The van der Waals surface area contributed by atoms with Crippen molar-refractivity contribution in [3.8, 4) is 5.75 Å². The first-order valence-corrected chi connectivity index (χ1v) is 12.6. The van der Waals surface area contributed by atoms with Gasteiger partial charge < -0.3 is 23.9 Å². The van der Waals surface area contributed by atoms with E-state index >= 15 is 0 Å². The molecule has 3 aromatic rings. The Labute approximate surface area is 215 Å². The van der Waals surface area contributed by atoms with Crippen LogP contribution in [0.2, 0.25) is 5.02 Å². The van der Waals surface area contributed by atoms with Crippen LogP contribution < -0.4 is 4.74 Å². The molecule has 0 saturated heterocycles. The van der Waals surface area contributed by atoms with Crippen LogP contribution in [0.4, 0.5) is 4.79 Å². The van der Waals surface area contributed by atoms with Gasteiger partial charge in [-0.2, -0.15) is 0 Å². The van der Waals surface area contributed by atoms with E-state index in [9.17, 15) is 4.79 Å². The van der Waals surface area contributed by atoms with Crippen molar-refractivity contribution in [3.05, 3.63) is 64.3 Å². The summed E-state index contributed by atoms with van der Waals surface area (Å²) in [4.78, 5) is 18.3. The van der Waals surface area contributed by atoms with Gasteiger partial charge in [-0.3, -0.25) is 4.90 Å². The van der Waals surface area contributed by atoms with Gasteiger partial charge >= 0.3 is 6.09 Å². The minimum atomic E-state index is -0.351. The zero-order chi connectivity index (χ0) is 24.6. The number of hydrogen-bond donors (Lipinski definition) is 1. The number of aromatic nitrogens is 1. The number of nitrogens with one attached hydrogen (secondary N) is 1. The molecule has 1 aromatic heterocycles. The molecule has 1 aliphatic heterocycles. The zero-order valence-corrected chi connectivity index (χ0v) is 21.2. The standard InChI is InChI=1S/C26H30Cl2N2O5/c1-32-13-14-33-15-16-34-20-6-3-18(4-7-20)25-24-21(22-17-19(28)5-8-23(22)29-24)9-11-30(25)26(31)35-12-2-10-27/h3-8,17,25,29H,2,9-16H2,1H3. The molecule has 1 aliphatic rings. The maximum Gasteiger partial charge on any atom is 0.410 e. The number of halogens is 2. The molecule has 0 fully saturated rings. The van der Waals surface area contributed by atoms with E-state index in [1.807, 2.05) is 42.5 Å². The summed E-state index contributed by atoms with van der Waals surface area (Å²) in [7, 11) is 1.64. The van der Waals surface area contributed by atoms with Crippen LogP contribution in [0.3, 0.4) is 0 Å². The average molecular weight is 521 g/mol. The summed E-state index contributed by atoms with van der Waals surface area (Å²) in [5.41, 5.74) is 4.10. The summed E-state index contributed by atoms with van der Waals surface area (Å²) in [6, 6.07) is 13.3. The number of amides is 1. The first kappa shape index (κ1) is 25.6. The molecule has 2 aromatic carbocycles. The number of carbonyl (C=O) groups is 1. The largest absolute Gasteiger partial charge is 0.491 e. The second-order valence-corrected chi connectivity index (χ2v) is 9.05. The highest BCUT2D eigenvalue weighted by Crippen LogP contribution is 2.39. The lowest BCUT2D eigenvalue weighted by atomic mass is 9.92. The molecular weight excluding hydrogens is 491 g/mol. The number of H-pyrrole nitrogens is 1. The molecule has 0 aliphatic carbocycles. The fourth-order valence-corrected chi connectivity index (χ4v) is 4.59. The molecule has 7 nitrogen and oxygen atoms in total. The van der Waals surface area contributed by atoms with Crippen LogP contribution in [0.1, 0.15) is 29.3 Å². The van der Waals surface area contributed by atoms with Crippen LogP contribution in [-0.4, -0.2) is 68.5 Å². The minimum absolute atomic E-state index is 0.292. The SMILES string of the molecule is COCCOCCOc1ccc(C2c3[nH]c4ccc(Cl)cc4c3CCN2C(=O)OCCCCl)cc1. The quantitative estimate of drug-likeness (QED) is 0.264. The first-order chi connectivity index (χ1) is 17.1. The number of fused-ring (bicyclic) bond motifs is 3. The van der Waals surface area contributed by atoms with Crippen molar-refractivity contribution in [2.24, 2.45) is 0 Å². The molecule has 4 rings (SSSR count). The first-order valence-electron chi connectivity index (χ1n) is 11.7. The highest BCUT2D eigenvalue weighted by atomic mass is 35.5. The predicted octanol–water partition coefficient (Wildman–Crippen LogP) is 5.58. The van der Waals surface area contributed by atoms with Crippen LogP contribution in [0.15, 0.2) is 42.5 Å². The molecule has 9 heteroatoms. The van der Waals surface area contributed by atoms with E-state index in [4.69, 9.17) is 42.1 Å². The lowest BCUT2D eigenvalue weighted by Crippen LogP contribution is -2.41. The summed E-state index contributed by atoms with van der Waals surface area (Å²) in [5.74, 6) is 1.18. The maximum absolute atomic E-state index is 13.0. The number of carbonyl (C=O) groups excluding carboxylic acids is 1. The van der Waals surface area contributed by atoms with Gasteiger partial charge in [0.25, 0.3) is 0 Å². The fraction of sp³-hybridized carbons (Fsp3) is 0.423. The molecular formula is C26H30Cl2N2O5. The third kappa shape index (κ3) is 6.22. The van der Waals surface area contributed by atoms with E-state index in [1.54, 1.807) is 12.0 Å². The van der Waals surface area contributed by atoms with Crippen LogP contribution in [-0.2, 0) is 20.6 Å². The lowest BCUT2D eigenvalue weighted by Gasteiger charge is -2.35. The monoisotopic (exact) mass is 520 g/mol. The number of nitrogens with zero attached hydrogens (tertiary/aromatic N) is 1. The van der Waals surface area contributed by atoms with Crippen LogP contribution in [0, 0.1) is 0 Å². The van der Waals surface area contributed by atoms with Gasteiger partial charge in [0.05, 0.1) is 26.4 Å². The van der Waals surface area contributed by atoms with Gasteiger partial charge in [-0.15, -0.1) is 11.6 Å². The molecule has 0 spiro atoms. The van der Waals surface area contributed by atoms with E-state index in [0.29, 0.717) is 63.3 Å². The molecule has 0 bridgehead atoms. The van der Waals surface area contributed by atoms with Gasteiger partial charge in [0.1, 0.15) is 18.4 Å². The molecule has 1 N–H and O–H groups in total. The van der Waals surface area contributed by atoms with Crippen molar-refractivity contribution >= 4 is 40.2 Å². The topological polar surface area (TPSA) is 73.0 Å². The molecule has 2 heterocycles. The molecule has 0 radical (unpaired) electrons. The Morgan fingerprint density at radius 2 is 1.89 bits per heavy atom. The van der Waals surface area contributed by atoms with Crippen LogP contribution in [0.5, 0.6) is 5.75 Å². The van der Waals surface area contributed by atoms with Crippen LogP contribution in [0.25, 0.3) is 10.9 Å². The Morgan fingerprint density at radius 1 is 1.09 bits per heavy atom. The third-order valence-corrected chi connectivity index (χ3v) is 6.45. The Morgan fingerprint density at radius 3 is 2.66 bits per heavy atom. The van der Waals surface area contributed by atoms with Crippen molar-refractivity contribution in [1.82, 2.24) is 9.88 Å². The second kappa shape index (κ2) is 12.5. The summed E-state index contributed by atoms with van der Waals surface area (Å²) < 4.78 is 21.7. The zero-order valence-electron chi connectivity index (χ0n) is 19.7. The van der Waals surface area contributed by atoms with Gasteiger partial charge in [-0.05, 0) is 54.3 Å². The summed E-state index contributed by atoms with van der Waals surface area (Å²) in [6.45, 7) is 2.85. The van der Waals surface area contributed by atoms with Crippen molar-refractivity contribution in [1.29, 1.82) is 0 Å². The number of ether oxygens (including phenoxy) is 4. The van der Waals surface area contributed by atoms with Crippen molar-refractivity contribution in [3.63, 3.8) is 0 Å². The van der Waals surface area contributed by atoms with Crippen LogP contribution >= 0.6 is 23.2 Å². The summed E-state index contributed by atoms with van der Waals surface area (Å²) in [6.07, 6.45) is 0.973. The Hall–Kier alpha value is -2.45. The van der Waals surface area contributed by atoms with E-state index in [2.05, 4.69) is 4.98 Å². The van der Waals surface area contributed by atoms with Gasteiger partial charge in [-0.25, -0.2) is 4.79 Å². The lowest BCUT2D eigenvalue weighted by molar-refractivity contribution is 0.0544. The number of aromatic amines is 1. The number of rotatable bonds is 11. The molecule has 1 atom stereocenters. The predicted molar refractivity (Wildman–Crippen MR) is 137 cm³/mol. The highest BCUT2D eigenvalue weighted by molar-refractivity contribution is 6.31. The Balaban J connectivity index is 1.56. The third-order valence-electron chi connectivity index (χ3n) is 5.95. The smallest absolute Gasteiger partial charge is 0.410 e. The summed E-state index contributed by atoms with van der Waals surface area (Å²) in [5, 5.41) is 1.77. The average Bonchev–Trinajstić information content (AvgIpc) is 3.24. The molecule has 1 amide bonds. The van der Waals surface area contributed by atoms with Crippen molar-refractivity contribution in [2.45, 2.75) is 18.9 Å². The minimum Gasteiger partial charge on any atom is -0.491 e. The molecule has 188 valence electrons. The molecule has 35 heavy (non-hydrogen) atoms. The normalized spacial score (nSPS) is 15.3. The maximum atomic E-state index is 13.0. The Kier molecular flexibility index (Phi) is 9.15. The van der Waals surface area contributed by atoms with Gasteiger partial charge in [0, 0.05) is 41.2 Å². The molecule has 1 unspecified atom stereocenters. The second-order valence-electron chi connectivity index (χ2n) is 8.23. The van der Waals surface area contributed by atoms with E-state index in [0.717, 1.165) is 27.9 Å². The van der Waals surface area contributed by atoms with Gasteiger partial charge in [-0.1, -0.05) is 23.7 Å². The van der Waals surface area contributed by atoms with E-state index in [1.165, 1.54) is 5.56 Å². The number of methoxy groups -OCH3 is 1. The van der Waals surface area contributed by atoms with E-state index < -0.39 is 0 Å². The fourth-order valence-electron chi connectivity index (χ4n) is 4.31. The Bertz CT molecular complexity index is 1120.